The standard InChI is InChI=1S/C15H16N4O2S/c1-10(20)16-14-18-12-7-8-19(9-13(12)22-14)15(21)17-11-5-3-2-4-6-11/h2-6H,7-9H2,1H3,(H,17,21)(H,16,18,20). The smallest absolute Gasteiger partial charge is 0.319 e. The Kier molecular flexibility index (Phi) is 4.06. The van der Waals surface area contributed by atoms with Crippen molar-refractivity contribution in [3.63, 3.8) is 0 Å². The number of hydrogen-bond donors (Lipinski definition) is 2. The summed E-state index contributed by atoms with van der Waals surface area (Å²) in [5.41, 5.74) is 1.75. The molecular formula is C15H16N4O2S. The van der Waals surface area contributed by atoms with Crippen LogP contribution in [-0.2, 0) is 17.8 Å². The van der Waals surface area contributed by atoms with Crippen LogP contribution in [0.4, 0.5) is 15.6 Å². The Bertz CT molecular complexity index is 699. The first-order chi connectivity index (χ1) is 10.6. The Balaban J connectivity index is 1.67. The van der Waals surface area contributed by atoms with Gasteiger partial charge in [-0.05, 0) is 12.1 Å². The molecule has 2 N–H and O–H groups in total. The molecule has 0 unspecified atom stereocenters. The number of thiazole rings is 1. The summed E-state index contributed by atoms with van der Waals surface area (Å²) in [7, 11) is 0. The van der Waals surface area contributed by atoms with E-state index in [2.05, 4.69) is 15.6 Å². The second-order valence-corrected chi connectivity index (χ2v) is 6.12. The molecule has 22 heavy (non-hydrogen) atoms. The van der Waals surface area contributed by atoms with E-state index in [1.807, 2.05) is 30.3 Å². The summed E-state index contributed by atoms with van der Waals surface area (Å²) >= 11 is 1.43. The van der Waals surface area contributed by atoms with Crippen molar-refractivity contribution >= 4 is 34.1 Å². The van der Waals surface area contributed by atoms with Crippen LogP contribution in [0.1, 0.15) is 17.5 Å². The molecule has 1 aromatic heterocycles. The Hall–Kier alpha value is -2.41. The number of benzene rings is 1. The van der Waals surface area contributed by atoms with Crippen LogP contribution < -0.4 is 10.6 Å². The van der Waals surface area contributed by atoms with Crippen molar-refractivity contribution in [3.05, 3.63) is 40.9 Å². The second-order valence-electron chi connectivity index (χ2n) is 5.04. The quantitative estimate of drug-likeness (QED) is 0.894. The van der Waals surface area contributed by atoms with Gasteiger partial charge in [-0.15, -0.1) is 0 Å². The van der Waals surface area contributed by atoms with Crippen LogP contribution in [0, 0.1) is 0 Å². The van der Waals surface area contributed by atoms with E-state index in [-0.39, 0.29) is 11.9 Å². The van der Waals surface area contributed by atoms with Crippen LogP contribution in [0.15, 0.2) is 30.3 Å². The van der Waals surface area contributed by atoms with Gasteiger partial charge < -0.3 is 15.5 Å². The highest BCUT2D eigenvalue weighted by Gasteiger charge is 2.24. The summed E-state index contributed by atoms with van der Waals surface area (Å²) in [5, 5.41) is 6.18. The molecule has 0 spiro atoms. The number of fused-ring (bicyclic) bond motifs is 1. The molecule has 6 nitrogen and oxygen atoms in total. The molecule has 0 fully saturated rings. The number of nitrogens with zero attached hydrogens (tertiary/aromatic N) is 2. The van der Waals surface area contributed by atoms with Crippen molar-refractivity contribution in [3.8, 4) is 0 Å². The van der Waals surface area contributed by atoms with Crippen molar-refractivity contribution in [1.29, 1.82) is 0 Å². The first-order valence-corrected chi connectivity index (χ1v) is 7.80. The van der Waals surface area contributed by atoms with Crippen molar-refractivity contribution in [2.75, 3.05) is 17.2 Å². The molecule has 114 valence electrons. The Morgan fingerprint density at radius 2 is 2.00 bits per heavy atom. The normalized spacial score (nSPS) is 13.4. The Morgan fingerprint density at radius 3 is 2.73 bits per heavy atom. The van der Waals surface area contributed by atoms with Gasteiger partial charge in [-0.2, -0.15) is 0 Å². The second kappa shape index (κ2) is 6.15. The van der Waals surface area contributed by atoms with Crippen LogP contribution >= 0.6 is 11.3 Å². The largest absolute Gasteiger partial charge is 0.322 e. The fraction of sp³-hybridized carbons (Fsp3) is 0.267. The lowest BCUT2D eigenvalue weighted by molar-refractivity contribution is -0.114. The molecule has 0 aliphatic carbocycles. The molecule has 7 heteroatoms. The maximum atomic E-state index is 12.3. The highest BCUT2D eigenvalue weighted by Crippen LogP contribution is 2.28. The molecule has 1 aliphatic heterocycles. The number of aromatic nitrogens is 1. The summed E-state index contributed by atoms with van der Waals surface area (Å²) in [6.07, 6.45) is 0.702. The lowest BCUT2D eigenvalue weighted by Crippen LogP contribution is -2.38. The first-order valence-electron chi connectivity index (χ1n) is 6.99. The third kappa shape index (κ3) is 3.25. The lowest BCUT2D eigenvalue weighted by atomic mass is 10.2. The molecule has 0 saturated heterocycles. The zero-order valence-electron chi connectivity index (χ0n) is 12.1. The van der Waals surface area contributed by atoms with Gasteiger partial charge in [0.25, 0.3) is 0 Å². The number of para-hydroxylation sites is 1. The predicted octanol–water partition coefficient (Wildman–Crippen LogP) is 2.69. The van der Waals surface area contributed by atoms with Gasteiger partial charge in [0, 0.05) is 30.5 Å². The maximum Gasteiger partial charge on any atom is 0.322 e. The van der Waals surface area contributed by atoms with Crippen molar-refractivity contribution in [2.45, 2.75) is 19.9 Å². The third-order valence-corrected chi connectivity index (χ3v) is 4.32. The molecule has 2 heterocycles. The van der Waals surface area contributed by atoms with Crippen LogP contribution in [-0.4, -0.2) is 28.4 Å². The third-order valence-electron chi connectivity index (χ3n) is 3.33. The number of urea groups is 1. The van der Waals surface area contributed by atoms with Gasteiger partial charge >= 0.3 is 6.03 Å². The number of hydrogen-bond acceptors (Lipinski definition) is 4. The Labute approximate surface area is 132 Å². The summed E-state index contributed by atoms with van der Waals surface area (Å²) < 4.78 is 0. The fourth-order valence-corrected chi connectivity index (χ4v) is 3.37. The van der Waals surface area contributed by atoms with Crippen LogP contribution in [0.2, 0.25) is 0 Å². The van der Waals surface area contributed by atoms with Gasteiger partial charge in [-0.3, -0.25) is 4.79 Å². The van der Waals surface area contributed by atoms with Gasteiger partial charge in [-0.1, -0.05) is 29.5 Å². The number of anilines is 2. The van der Waals surface area contributed by atoms with Crippen molar-refractivity contribution in [1.82, 2.24) is 9.88 Å². The molecule has 1 aromatic carbocycles. The molecule has 2 aromatic rings. The van der Waals surface area contributed by atoms with E-state index in [1.54, 1.807) is 4.90 Å². The van der Waals surface area contributed by atoms with E-state index in [0.29, 0.717) is 24.6 Å². The minimum Gasteiger partial charge on any atom is -0.319 e. The number of carbonyl (C=O) groups is 2. The molecule has 0 radical (unpaired) electrons. The maximum absolute atomic E-state index is 12.3. The average molecular weight is 316 g/mol. The van der Waals surface area contributed by atoms with Gasteiger partial charge in [0.05, 0.1) is 12.2 Å². The number of carbonyl (C=O) groups excluding carboxylic acids is 2. The SMILES string of the molecule is CC(=O)Nc1nc2c(s1)CN(C(=O)Nc1ccccc1)CC2. The summed E-state index contributed by atoms with van der Waals surface area (Å²) in [5.74, 6) is -0.134. The van der Waals surface area contributed by atoms with Crippen molar-refractivity contribution in [2.24, 2.45) is 0 Å². The lowest BCUT2D eigenvalue weighted by Gasteiger charge is -2.26. The fourth-order valence-electron chi connectivity index (χ4n) is 2.30. The van der Waals surface area contributed by atoms with Crippen molar-refractivity contribution < 1.29 is 9.59 Å². The number of nitrogens with one attached hydrogen (secondary N) is 2. The average Bonchev–Trinajstić information content (AvgIpc) is 2.88. The monoisotopic (exact) mass is 316 g/mol. The summed E-state index contributed by atoms with van der Waals surface area (Å²) in [4.78, 5) is 30.6. The van der Waals surface area contributed by atoms with E-state index in [4.69, 9.17) is 0 Å². The highest BCUT2D eigenvalue weighted by atomic mass is 32.1. The minimum atomic E-state index is -0.134. The predicted molar refractivity (Wildman–Crippen MR) is 86.0 cm³/mol. The highest BCUT2D eigenvalue weighted by molar-refractivity contribution is 7.15. The van der Waals surface area contributed by atoms with E-state index >= 15 is 0 Å². The van der Waals surface area contributed by atoms with Gasteiger partial charge in [0.1, 0.15) is 0 Å². The molecular weight excluding hydrogens is 300 g/mol. The van der Waals surface area contributed by atoms with E-state index in [0.717, 1.165) is 16.3 Å². The zero-order valence-corrected chi connectivity index (χ0v) is 12.9. The number of amides is 3. The van der Waals surface area contributed by atoms with Gasteiger partial charge in [-0.25, -0.2) is 9.78 Å². The Morgan fingerprint density at radius 1 is 1.23 bits per heavy atom. The summed E-state index contributed by atoms with van der Waals surface area (Å²) in [6.45, 7) is 2.60. The van der Waals surface area contributed by atoms with E-state index in [9.17, 15) is 9.59 Å². The van der Waals surface area contributed by atoms with Gasteiger partial charge in [0.2, 0.25) is 5.91 Å². The minimum absolute atomic E-state index is 0.119. The van der Waals surface area contributed by atoms with Crippen LogP contribution in [0.25, 0.3) is 0 Å². The molecule has 0 atom stereocenters. The molecule has 1 aliphatic rings. The topological polar surface area (TPSA) is 74.3 Å². The molecule has 0 bridgehead atoms. The molecule has 0 saturated carbocycles. The van der Waals surface area contributed by atoms with E-state index < -0.39 is 0 Å². The van der Waals surface area contributed by atoms with Crippen LogP contribution in [0.3, 0.4) is 0 Å². The van der Waals surface area contributed by atoms with Crippen LogP contribution in [0.5, 0.6) is 0 Å². The first kappa shape index (κ1) is 14.5. The molecule has 3 rings (SSSR count). The van der Waals surface area contributed by atoms with E-state index in [1.165, 1.54) is 18.3 Å². The number of rotatable bonds is 2. The summed E-state index contributed by atoms with van der Waals surface area (Å²) in [6, 6.07) is 9.26. The zero-order chi connectivity index (χ0) is 15.5. The van der Waals surface area contributed by atoms with Gasteiger partial charge in [0.15, 0.2) is 5.13 Å². The molecule has 3 amide bonds.